The van der Waals surface area contributed by atoms with Gasteiger partial charge in [0, 0.05) is 17.5 Å². The molecule has 21 heavy (non-hydrogen) atoms. The molecule has 0 radical (unpaired) electrons. The van der Waals surface area contributed by atoms with Crippen molar-refractivity contribution in [1.29, 1.82) is 0 Å². The van der Waals surface area contributed by atoms with E-state index in [9.17, 15) is 9.59 Å². The minimum Gasteiger partial charge on any atom is -0.325 e. The molecule has 1 fully saturated rings. The van der Waals surface area contributed by atoms with Crippen LogP contribution in [0.2, 0.25) is 0 Å². The number of rotatable bonds is 4. The Morgan fingerprint density at radius 2 is 2.05 bits per heavy atom. The second-order valence-corrected chi connectivity index (χ2v) is 5.94. The van der Waals surface area contributed by atoms with Gasteiger partial charge in [-0.15, -0.1) is 11.3 Å². The van der Waals surface area contributed by atoms with Crippen LogP contribution in [0.15, 0.2) is 35.7 Å². The molecule has 1 aromatic heterocycles. The first-order chi connectivity index (χ1) is 10.1. The normalized spacial score (nSPS) is 18.1. The first kappa shape index (κ1) is 13.8. The van der Waals surface area contributed by atoms with Gasteiger partial charge in [-0.1, -0.05) is 30.3 Å². The fraction of sp³-hybridized carbons (Fsp3) is 0.267. The molecule has 1 atom stereocenters. The van der Waals surface area contributed by atoms with E-state index >= 15 is 0 Å². The van der Waals surface area contributed by atoms with Crippen LogP contribution in [0.4, 0.5) is 4.79 Å². The number of carbonyl (C=O) groups excluding carboxylic acids is 2. The van der Waals surface area contributed by atoms with Crippen molar-refractivity contribution in [3.8, 4) is 0 Å². The molecule has 0 unspecified atom stereocenters. The van der Waals surface area contributed by atoms with Gasteiger partial charge in [0.15, 0.2) is 0 Å². The number of hydrogen-bond donors (Lipinski definition) is 1. The maximum absolute atomic E-state index is 12.4. The van der Waals surface area contributed by atoms with E-state index in [0.29, 0.717) is 6.42 Å². The number of amides is 3. The Hall–Kier alpha value is -2.21. The van der Waals surface area contributed by atoms with Gasteiger partial charge in [0.1, 0.15) is 11.0 Å². The third-order valence-electron chi connectivity index (χ3n) is 3.35. The summed E-state index contributed by atoms with van der Waals surface area (Å²) in [7, 11) is 0. The number of carbonyl (C=O) groups is 2. The predicted octanol–water partition coefficient (Wildman–Crippen LogP) is 2.11. The topological polar surface area (TPSA) is 62.3 Å². The van der Waals surface area contributed by atoms with E-state index in [4.69, 9.17) is 0 Å². The van der Waals surface area contributed by atoms with E-state index in [1.54, 1.807) is 0 Å². The van der Waals surface area contributed by atoms with E-state index in [1.165, 1.54) is 16.2 Å². The highest BCUT2D eigenvalue weighted by molar-refractivity contribution is 7.09. The number of urea groups is 1. The third kappa shape index (κ3) is 2.95. The highest BCUT2D eigenvalue weighted by atomic mass is 32.1. The van der Waals surface area contributed by atoms with Gasteiger partial charge < -0.3 is 5.32 Å². The van der Waals surface area contributed by atoms with Crippen LogP contribution in [0.3, 0.4) is 0 Å². The number of hydrogen-bond acceptors (Lipinski definition) is 4. The third-order valence-corrected chi connectivity index (χ3v) is 4.30. The van der Waals surface area contributed by atoms with Crippen LogP contribution in [-0.2, 0) is 17.8 Å². The predicted molar refractivity (Wildman–Crippen MR) is 79.9 cm³/mol. The standard InChI is InChI=1S/C15H15N3O2S/c1-10-9-21-13(16-10)8-18-14(19)12(17-15(18)20)7-11-5-3-2-4-6-11/h2-6,9,12H,7-8H2,1H3,(H,17,20)/t12-/m0/s1. The average molecular weight is 301 g/mol. The van der Waals surface area contributed by atoms with Gasteiger partial charge in [0.25, 0.3) is 5.91 Å². The van der Waals surface area contributed by atoms with Crippen molar-refractivity contribution in [2.75, 3.05) is 0 Å². The molecule has 0 spiro atoms. The molecule has 1 aromatic carbocycles. The molecule has 1 aliphatic rings. The summed E-state index contributed by atoms with van der Waals surface area (Å²) in [5.74, 6) is -0.184. The number of aromatic nitrogens is 1. The average Bonchev–Trinajstić information content (AvgIpc) is 2.99. The Balaban J connectivity index is 1.70. The van der Waals surface area contributed by atoms with Crippen molar-refractivity contribution >= 4 is 23.3 Å². The molecule has 0 saturated carbocycles. The summed E-state index contributed by atoms with van der Waals surface area (Å²) in [4.78, 5) is 29.9. The molecular weight excluding hydrogens is 286 g/mol. The number of imide groups is 1. The summed E-state index contributed by atoms with van der Waals surface area (Å²) in [6.07, 6.45) is 0.513. The Labute approximate surface area is 126 Å². The molecule has 3 amide bonds. The lowest BCUT2D eigenvalue weighted by molar-refractivity contribution is -0.127. The lowest BCUT2D eigenvalue weighted by Gasteiger charge is -2.11. The second kappa shape index (κ2) is 5.65. The molecule has 1 N–H and O–H groups in total. The smallest absolute Gasteiger partial charge is 0.325 e. The summed E-state index contributed by atoms with van der Waals surface area (Å²) >= 11 is 1.46. The zero-order valence-corrected chi connectivity index (χ0v) is 12.4. The van der Waals surface area contributed by atoms with Crippen LogP contribution in [-0.4, -0.2) is 27.9 Å². The van der Waals surface area contributed by atoms with Crippen LogP contribution in [0, 0.1) is 6.92 Å². The van der Waals surface area contributed by atoms with Gasteiger partial charge in [0.05, 0.1) is 6.54 Å². The van der Waals surface area contributed by atoms with Crippen LogP contribution >= 0.6 is 11.3 Å². The maximum Gasteiger partial charge on any atom is 0.325 e. The Bertz CT molecular complexity index is 669. The number of benzene rings is 1. The van der Waals surface area contributed by atoms with E-state index < -0.39 is 6.04 Å². The van der Waals surface area contributed by atoms with E-state index in [-0.39, 0.29) is 18.5 Å². The van der Waals surface area contributed by atoms with Crippen molar-refractivity contribution in [3.05, 3.63) is 52.0 Å². The minimum absolute atomic E-state index is 0.184. The molecule has 0 bridgehead atoms. The Morgan fingerprint density at radius 1 is 1.29 bits per heavy atom. The van der Waals surface area contributed by atoms with Crippen LogP contribution < -0.4 is 5.32 Å². The minimum atomic E-state index is -0.485. The zero-order valence-electron chi connectivity index (χ0n) is 11.6. The molecule has 1 saturated heterocycles. The lowest BCUT2D eigenvalue weighted by atomic mass is 10.1. The molecule has 0 aliphatic carbocycles. The van der Waals surface area contributed by atoms with Gasteiger partial charge in [-0.3, -0.25) is 9.69 Å². The summed E-state index contributed by atoms with van der Waals surface area (Å²) < 4.78 is 0. The largest absolute Gasteiger partial charge is 0.325 e. The van der Waals surface area contributed by atoms with Crippen molar-refractivity contribution in [2.24, 2.45) is 0 Å². The van der Waals surface area contributed by atoms with E-state index in [1.807, 2.05) is 42.6 Å². The SMILES string of the molecule is Cc1csc(CN2C(=O)N[C@@H](Cc3ccccc3)C2=O)n1. The van der Waals surface area contributed by atoms with Crippen LogP contribution in [0.5, 0.6) is 0 Å². The summed E-state index contributed by atoms with van der Waals surface area (Å²) in [6, 6.07) is 8.85. The number of aryl methyl sites for hydroxylation is 1. The molecule has 108 valence electrons. The lowest BCUT2D eigenvalue weighted by Crippen LogP contribution is -2.32. The van der Waals surface area contributed by atoms with Crippen molar-refractivity contribution < 1.29 is 9.59 Å². The molecule has 2 aromatic rings. The molecule has 1 aliphatic heterocycles. The first-order valence-corrected chi connectivity index (χ1v) is 7.58. The Morgan fingerprint density at radius 3 is 2.71 bits per heavy atom. The molecule has 3 rings (SSSR count). The molecule has 5 nitrogen and oxygen atoms in total. The monoisotopic (exact) mass is 301 g/mol. The summed E-state index contributed by atoms with van der Waals surface area (Å²) in [6.45, 7) is 2.14. The molecular formula is C15H15N3O2S. The first-order valence-electron chi connectivity index (χ1n) is 6.70. The van der Waals surface area contributed by atoms with Gasteiger partial charge >= 0.3 is 6.03 Å². The number of nitrogens with one attached hydrogen (secondary N) is 1. The molecule has 6 heteroatoms. The zero-order chi connectivity index (χ0) is 14.8. The van der Waals surface area contributed by atoms with E-state index in [2.05, 4.69) is 10.3 Å². The number of thiazole rings is 1. The molecule has 2 heterocycles. The fourth-order valence-electron chi connectivity index (χ4n) is 2.33. The highest BCUT2D eigenvalue weighted by Gasteiger charge is 2.38. The highest BCUT2D eigenvalue weighted by Crippen LogP contribution is 2.17. The van der Waals surface area contributed by atoms with Crippen molar-refractivity contribution in [2.45, 2.75) is 25.9 Å². The fourth-order valence-corrected chi connectivity index (χ4v) is 3.08. The maximum atomic E-state index is 12.4. The van der Waals surface area contributed by atoms with Crippen molar-refractivity contribution in [3.63, 3.8) is 0 Å². The second-order valence-electron chi connectivity index (χ2n) is 5.00. The van der Waals surface area contributed by atoms with Gasteiger partial charge in [-0.2, -0.15) is 0 Å². The number of nitrogens with zero attached hydrogens (tertiary/aromatic N) is 2. The summed E-state index contributed by atoms with van der Waals surface area (Å²) in [5.41, 5.74) is 1.94. The van der Waals surface area contributed by atoms with Crippen LogP contribution in [0.25, 0.3) is 0 Å². The van der Waals surface area contributed by atoms with E-state index in [0.717, 1.165) is 16.3 Å². The van der Waals surface area contributed by atoms with Gasteiger partial charge in [-0.05, 0) is 12.5 Å². The van der Waals surface area contributed by atoms with Gasteiger partial charge in [-0.25, -0.2) is 9.78 Å². The van der Waals surface area contributed by atoms with Gasteiger partial charge in [0.2, 0.25) is 0 Å². The quantitative estimate of drug-likeness (QED) is 0.880. The van der Waals surface area contributed by atoms with Crippen LogP contribution in [0.1, 0.15) is 16.3 Å². The van der Waals surface area contributed by atoms with Crippen molar-refractivity contribution in [1.82, 2.24) is 15.2 Å². The Kier molecular flexibility index (Phi) is 3.70. The summed E-state index contributed by atoms with van der Waals surface area (Å²) in [5, 5.41) is 5.43.